The lowest BCUT2D eigenvalue weighted by atomic mass is 9.83. The van der Waals surface area contributed by atoms with Crippen molar-refractivity contribution < 1.29 is 14.6 Å². The molecule has 6 nitrogen and oxygen atoms in total. The number of hydrogen-bond donors (Lipinski definition) is 3. The first-order valence-electron chi connectivity index (χ1n) is 9.87. The van der Waals surface area contributed by atoms with Gasteiger partial charge in [-0.25, -0.2) is 0 Å². The average molecular weight is 483 g/mol. The molecule has 1 saturated carbocycles. The Bertz CT molecular complexity index is 409. The van der Waals surface area contributed by atoms with Crippen LogP contribution in [-0.4, -0.2) is 64.2 Å². The van der Waals surface area contributed by atoms with E-state index in [9.17, 15) is 5.11 Å². The van der Waals surface area contributed by atoms with Crippen LogP contribution in [0.25, 0.3) is 0 Å². The molecule has 3 N–H and O–H groups in total. The molecule has 154 valence electrons. The van der Waals surface area contributed by atoms with Gasteiger partial charge in [0.2, 0.25) is 0 Å². The van der Waals surface area contributed by atoms with Crippen molar-refractivity contribution in [2.45, 2.75) is 51.9 Å². The molecule has 2 rings (SSSR count). The smallest absolute Gasteiger partial charge is 0.191 e. The van der Waals surface area contributed by atoms with Gasteiger partial charge in [0.15, 0.2) is 5.96 Å². The van der Waals surface area contributed by atoms with Gasteiger partial charge in [0.25, 0.3) is 0 Å². The van der Waals surface area contributed by atoms with Crippen LogP contribution in [0.1, 0.15) is 51.9 Å². The minimum absolute atomic E-state index is 0. The molecule has 1 aliphatic carbocycles. The van der Waals surface area contributed by atoms with Crippen LogP contribution >= 0.6 is 24.0 Å². The number of aliphatic hydroxyl groups is 1. The summed E-state index contributed by atoms with van der Waals surface area (Å²) in [5.41, 5.74) is 0.337. The van der Waals surface area contributed by atoms with Crippen molar-refractivity contribution in [2.75, 3.05) is 53.2 Å². The normalized spacial score (nSPS) is 25.1. The third kappa shape index (κ3) is 7.13. The predicted octanol–water partition coefficient (Wildman–Crippen LogP) is 2.55. The molecule has 1 atom stereocenters. The summed E-state index contributed by atoms with van der Waals surface area (Å²) >= 11 is 0. The topological polar surface area (TPSA) is 75.1 Å². The molecule has 2 aliphatic rings. The highest BCUT2D eigenvalue weighted by atomic mass is 127. The van der Waals surface area contributed by atoms with E-state index in [1.807, 2.05) is 0 Å². The second-order valence-electron chi connectivity index (χ2n) is 7.77. The number of ether oxygens (including phenoxy) is 2. The molecule has 1 saturated heterocycles. The third-order valence-corrected chi connectivity index (χ3v) is 5.88. The molecule has 7 heteroatoms. The number of nitrogens with one attached hydrogen (secondary N) is 2. The Hall–Kier alpha value is -0.120. The SMILES string of the molecule is CCNC(=NCC1(CCO)CCOC1)NCC1(CCOC)CCCC1.I. The van der Waals surface area contributed by atoms with E-state index in [0.29, 0.717) is 18.6 Å². The third-order valence-electron chi connectivity index (χ3n) is 5.88. The molecule has 1 heterocycles. The predicted molar refractivity (Wildman–Crippen MR) is 116 cm³/mol. The highest BCUT2D eigenvalue weighted by Gasteiger charge is 2.35. The monoisotopic (exact) mass is 483 g/mol. The van der Waals surface area contributed by atoms with Crippen LogP contribution in [-0.2, 0) is 9.47 Å². The molecule has 0 aromatic carbocycles. The Kier molecular flexibility index (Phi) is 11.4. The number of guanidine groups is 1. The molecule has 2 fully saturated rings. The fraction of sp³-hybridized carbons (Fsp3) is 0.947. The minimum atomic E-state index is -0.00179. The summed E-state index contributed by atoms with van der Waals surface area (Å²) in [6.45, 7) is 7.10. The van der Waals surface area contributed by atoms with Crippen LogP contribution in [0.15, 0.2) is 4.99 Å². The lowest BCUT2D eigenvalue weighted by Gasteiger charge is -2.30. The van der Waals surface area contributed by atoms with E-state index >= 15 is 0 Å². The summed E-state index contributed by atoms with van der Waals surface area (Å²) in [5.74, 6) is 0.885. The quantitative estimate of drug-likeness (QED) is 0.253. The van der Waals surface area contributed by atoms with Gasteiger partial charge in [-0.05, 0) is 44.4 Å². The van der Waals surface area contributed by atoms with Crippen LogP contribution < -0.4 is 10.6 Å². The minimum Gasteiger partial charge on any atom is -0.396 e. The van der Waals surface area contributed by atoms with Crippen molar-refractivity contribution in [3.63, 3.8) is 0 Å². The highest BCUT2D eigenvalue weighted by molar-refractivity contribution is 14.0. The zero-order valence-electron chi connectivity index (χ0n) is 16.5. The molecule has 0 spiro atoms. The van der Waals surface area contributed by atoms with Gasteiger partial charge in [0.05, 0.1) is 13.2 Å². The second-order valence-corrected chi connectivity index (χ2v) is 7.77. The van der Waals surface area contributed by atoms with Crippen molar-refractivity contribution >= 4 is 29.9 Å². The molecule has 0 aromatic rings. The largest absolute Gasteiger partial charge is 0.396 e. The Morgan fingerprint density at radius 1 is 1.15 bits per heavy atom. The number of halogens is 1. The summed E-state index contributed by atoms with van der Waals surface area (Å²) in [6.07, 6.45) is 8.02. The summed E-state index contributed by atoms with van der Waals surface area (Å²) in [6, 6.07) is 0. The van der Waals surface area contributed by atoms with Crippen molar-refractivity contribution in [3.8, 4) is 0 Å². The standard InChI is InChI=1S/C19H37N3O3.HI/c1-3-20-17(22-15-19(8-11-23)10-13-25-16-19)21-14-18(9-12-24-2)6-4-5-7-18;/h23H,3-16H2,1-2H3,(H2,20,21,22);1H. The number of nitrogens with zero attached hydrogens (tertiary/aromatic N) is 1. The van der Waals surface area contributed by atoms with Gasteiger partial charge < -0.3 is 25.2 Å². The Balaban J connectivity index is 0.00000338. The number of rotatable bonds is 10. The van der Waals surface area contributed by atoms with Gasteiger partial charge in [0.1, 0.15) is 0 Å². The molecule has 1 unspecified atom stereocenters. The van der Waals surface area contributed by atoms with Crippen molar-refractivity contribution in [1.82, 2.24) is 10.6 Å². The molecule has 0 bridgehead atoms. The van der Waals surface area contributed by atoms with Crippen LogP contribution in [0.5, 0.6) is 0 Å². The van der Waals surface area contributed by atoms with E-state index in [1.54, 1.807) is 7.11 Å². The maximum atomic E-state index is 9.38. The van der Waals surface area contributed by atoms with Gasteiger partial charge in [-0.15, -0.1) is 24.0 Å². The molecular weight excluding hydrogens is 445 g/mol. The number of aliphatic imine (C=N–C) groups is 1. The van der Waals surface area contributed by atoms with Gasteiger partial charge >= 0.3 is 0 Å². The van der Waals surface area contributed by atoms with E-state index in [1.165, 1.54) is 25.7 Å². The fourth-order valence-corrected chi connectivity index (χ4v) is 4.11. The van der Waals surface area contributed by atoms with Gasteiger partial charge in [-0.2, -0.15) is 0 Å². The van der Waals surface area contributed by atoms with Crippen LogP contribution in [0.4, 0.5) is 0 Å². The Morgan fingerprint density at radius 2 is 1.92 bits per heavy atom. The van der Waals surface area contributed by atoms with E-state index < -0.39 is 0 Å². The van der Waals surface area contributed by atoms with Crippen LogP contribution in [0.3, 0.4) is 0 Å². The van der Waals surface area contributed by atoms with Gasteiger partial charge in [-0.1, -0.05) is 12.8 Å². The van der Waals surface area contributed by atoms with E-state index in [0.717, 1.165) is 51.5 Å². The number of hydrogen-bond acceptors (Lipinski definition) is 4. The zero-order valence-corrected chi connectivity index (χ0v) is 18.8. The van der Waals surface area contributed by atoms with Gasteiger partial charge in [-0.3, -0.25) is 4.99 Å². The molecule has 0 radical (unpaired) electrons. The Morgan fingerprint density at radius 3 is 2.50 bits per heavy atom. The highest BCUT2D eigenvalue weighted by Crippen LogP contribution is 2.40. The van der Waals surface area contributed by atoms with Crippen LogP contribution in [0, 0.1) is 10.8 Å². The number of aliphatic hydroxyl groups excluding tert-OH is 1. The van der Waals surface area contributed by atoms with E-state index in [4.69, 9.17) is 14.5 Å². The Labute approximate surface area is 175 Å². The number of methoxy groups -OCH3 is 1. The zero-order chi connectivity index (χ0) is 18.0. The first-order chi connectivity index (χ1) is 12.2. The first kappa shape index (κ1) is 23.9. The van der Waals surface area contributed by atoms with Gasteiger partial charge in [0, 0.05) is 45.4 Å². The molecule has 26 heavy (non-hydrogen) atoms. The van der Waals surface area contributed by atoms with E-state index in [2.05, 4.69) is 17.6 Å². The molecule has 1 aliphatic heterocycles. The molecular formula is C19H38IN3O3. The summed E-state index contributed by atoms with van der Waals surface area (Å²) < 4.78 is 10.9. The molecule has 0 amide bonds. The molecule has 0 aromatic heterocycles. The summed E-state index contributed by atoms with van der Waals surface area (Å²) in [7, 11) is 1.78. The maximum absolute atomic E-state index is 9.38. The van der Waals surface area contributed by atoms with E-state index in [-0.39, 0.29) is 36.0 Å². The maximum Gasteiger partial charge on any atom is 0.191 e. The first-order valence-corrected chi connectivity index (χ1v) is 9.87. The average Bonchev–Trinajstić information content (AvgIpc) is 3.27. The lowest BCUT2D eigenvalue weighted by molar-refractivity contribution is 0.131. The summed E-state index contributed by atoms with van der Waals surface area (Å²) in [5, 5.41) is 16.3. The van der Waals surface area contributed by atoms with Crippen molar-refractivity contribution in [2.24, 2.45) is 15.8 Å². The van der Waals surface area contributed by atoms with Crippen molar-refractivity contribution in [1.29, 1.82) is 0 Å². The fourth-order valence-electron chi connectivity index (χ4n) is 4.11. The van der Waals surface area contributed by atoms with Crippen molar-refractivity contribution in [3.05, 3.63) is 0 Å². The lowest BCUT2D eigenvalue weighted by Crippen LogP contribution is -2.44. The summed E-state index contributed by atoms with van der Waals surface area (Å²) in [4.78, 5) is 4.83. The van der Waals surface area contributed by atoms with Crippen LogP contribution in [0.2, 0.25) is 0 Å². The second kappa shape index (κ2) is 12.4.